The van der Waals surface area contributed by atoms with Gasteiger partial charge in [0.05, 0.1) is 0 Å². The van der Waals surface area contributed by atoms with Crippen LogP contribution in [-0.2, 0) is 4.79 Å². The van der Waals surface area contributed by atoms with Crippen LogP contribution in [0.4, 0.5) is 18.9 Å². The number of hydrogen-bond donors (Lipinski definition) is 1. The van der Waals surface area contributed by atoms with Crippen molar-refractivity contribution in [1.29, 1.82) is 0 Å². The first-order valence-corrected chi connectivity index (χ1v) is 6.55. The van der Waals surface area contributed by atoms with E-state index in [9.17, 15) is 22.8 Å². The number of alkyl halides is 3. The molecule has 120 valence electrons. The Morgan fingerprint density at radius 3 is 2.13 bits per heavy atom. The fourth-order valence-electron chi connectivity index (χ4n) is 1.73. The molecule has 1 amide bonds. The number of carbonyl (C=O) groups is 2. The van der Waals surface area contributed by atoms with Gasteiger partial charge in [0, 0.05) is 11.3 Å². The Balaban J connectivity index is 1.90. The van der Waals surface area contributed by atoms with Gasteiger partial charge in [-0.2, -0.15) is 13.2 Å². The van der Waals surface area contributed by atoms with E-state index in [1.165, 1.54) is 12.1 Å². The van der Waals surface area contributed by atoms with Gasteiger partial charge < -0.3 is 10.1 Å². The number of carbonyl (C=O) groups excluding carboxylic acids is 2. The Morgan fingerprint density at radius 2 is 1.57 bits per heavy atom. The van der Waals surface area contributed by atoms with Crippen molar-refractivity contribution in [1.82, 2.24) is 0 Å². The molecule has 0 aliphatic carbocycles. The molecule has 0 atom stereocenters. The summed E-state index contributed by atoms with van der Waals surface area (Å²) >= 11 is 0. The molecule has 2 rings (SSSR count). The van der Waals surface area contributed by atoms with Crippen molar-refractivity contribution < 1.29 is 27.5 Å². The molecule has 0 aromatic heterocycles. The molecule has 0 unspecified atom stereocenters. The Labute approximate surface area is 129 Å². The van der Waals surface area contributed by atoms with Crippen LogP contribution in [0.5, 0.6) is 5.75 Å². The van der Waals surface area contributed by atoms with Gasteiger partial charge in [0.2, 0.25) is 0 Å². The maximum absolute atomic E-state index is 12.3. The molecule has 0 spiro atoms. The summed E-state index contributed by atoms with van der Waals surface area (Å²) in [6.07, 6.45) is -4.92. The predicted molar refractivity (Wildman–Crippen MR) is 77.4 cm³/mol. The number of para-hydroxylation sites is 1. The van der Waals surface area contributed by atoms with Gasteiger partial charge in [-0.3, -0.25) is 9.59 Å². The first-order valence-electron chi connectivity index (χ1n) is 6.55. The Hall–Kier alpha value is -2.83. The number of halogens is 3. The third-order valence-electron chi connectivity index (χ3n) is 2.80. The summed E-state index contributed by atoms with van der Waals surface area (Å²) in [5, 5.41) is 2.46. The molecule has 0 heterocycles. The summed E-state index contributed by atoms with van der Waals surface area (Å²) < 4.78 is 42.0. The molecule has 23 heavy (non-hydrogen) atoms. The van der Waals surface area contributed by atoms with Crippen molar-refractivity contribution in [3.05, 3.63) is 60.2 Å². The van der Waals surface area contributed by atoms with E-state index in [1.807, 2.05) is 0 Å². The van der Waals surface area contributed by atoms with E-state index in [0.29, 0.717) is 5.75 Å². The summed E-state index contributed by atoms with van der Waals surface area (Å²) in [4.78, 5) is 22.7. The first-order chi connectivity index (χ1) is 10.9. The van der Waals surface area contributed by atoms with Crippen LogP contribution in [0, 0.1) is 0 Å². The summed E-state index contributed by atoms with van der Waals surface area (Å²) in [6, 6.07) is 13.1. The van der Waals surface area contributed by atoms with E-state index in [0.717, 1.165) is 12.1 Å². The smallest absolute Gasteiger partial charge is 0.454 e. The lowest BCUT2D eigenvalue weighted by atomic mass is 10.1. The van der Waals surface area contributed by atoms with Crippen molar-refractivity contribution in [3.63, 3.8) is 0 Å². The highest BCUT2D eigenvalue weighted by Crippen LogP contribution is 2.22. The van der Waals surface area contributed by atoms with Crippen molar-refractivity contribution in [2.75, 3.05) is 11.9 Å². The lowest BCUT2D eigenvalue weighted by molar-refractivity contribution is -0.118. The van der Waals surface area contributed by atoms with Crippen molar-refractivity contribution in [2.45, 2.75) is 6.18 Å². The third kappa shape index (κ3) is 4.84. The van der Waals surface area contributed by atoms with Crippen LogP contribution >= 0.6 is 0 Å². The molecular formula is C16H12F3NO3. The average Bonchev–Trinajstić information content (AvgIpc) is 2.53. The van der Waals surface area contributed by atoms with Gasteiger partial charge >= 0.3 is 6.18 Å². The molecule has 0 bridgehead atoms. The molecule has 0 fully saturated rings. The summed E-state index contributed by atoms with van der Waals surface area (Å²) in [5.74, 6) is -1.87. The molecule has 0 saturated carbocycles. The Morgan fingerprint density at radius 1 is 0.957 bits per heavy atom. The SMILES string of the molecule is O=C(COc1ccccc1)Nc1ccc(C(=O)C(F)(F)F)cc1. The topological polar surface area (TPSA) is 55.4 Å². The third-order valence-corrected chi connectivity index (χ3v) is 2.80. The zero-order valence-corrected chi connectivity index (χ0v) is 11.8. The van der Waals surface area contributed by atoms with Crippen molar-refractivity contribution >= 4 is 17.4 Å². The summed E-state index contributed by atoms with van der Waals surface area (Å²) in [6.45, 7) is -0.243. The Kier molecular flexibility index (Phi) is 5.00. The summed E-state index contributed by atoms with van der Waals surface area (Å²) in [5.41, 5.74) is -0.221. The van der Waals surface area contributed by atoms with E-state index in [1.54, 1.807) is 30.3 Å². The number of ketones is 1. The number of Topliss-reactive ketones (excluding diaryl/α,β-unsaturated/α-hetero) is 1. The minimum absolute atomic E-state index is 0.243. The fourth-order valence-corrected chi connectivity index (χ4v) is 1.73. The maximum atomic E-state index is 12.3. The van der Waals surface area contributed by atoms with Gasteiger partial charge in [0.1, 0.15) is 5.75 Å². The highest BCUT2D eigenvalue weighted by atomic mass is 19.4. The normalized spacial score (nSPS) is 10.9. The monoisotopic (exact) mass is 323 g/mol. The van der Waals surface area contributed by atoms with Gasteiger partial charge in [0.25, 0.3) is 11.7 Å². The number of benzene rings is 2. The number of rotatable bonds is 5. The van der Waals surface area contributed by atoms with Gasteiger partial charge in [-0.25, -0.2) is 0 Å². The van der Waals surface area contributed by atoms with Gasteiger partial charge in [-0.15, -0.1) is 0 Å². The van der Waals surface area contributed by atoms with Crippen LogP contribution in [0.3, 0.4) is 0 Å². The van der Waals surface area contributed by atoms with E-state index < -0.39 is 23.4 Å². The molecule has 0 saturated heterocycles. The predicted octanol–water partition coefficient (Wildman–Crippen LogP) is 3.45. The first kappa shape index (κ1) is 16.5. The molecule has 1 N–H and O–H groups in total. The molecular weight excluding hydrogens is 311 g/mol. The largest absolute Gasteiger partial charge is 0.484 e. The number of ether oxygens (including phenoxy) is 1. The quantitative estimate of drug-likeness (QED) is 0.858. The Bertz CT molecular complexity index is 682. The highest BCUT2D eigenvalue weighted by Gasteiger charge is 2.39. The number of amides is 1. The molecule has 2 aromatic carbocycles. The van der Waals surface area contributed by atoms with Crippen molar-refractivity contribution in [2.24, 2.45) is 0 Å². The maximum Gasteiger partial charge on any atom is 0.454 e. The summed E-state index contributed by atoms with van der Waals surface area (Å²) in [7, 11) is 0. The van der Waals surface area contributed by atoms with Gasteiger partial charge in [0.15, 0.2) is 6.61 Å². The second kappa shape index (κ2) is 6.95. The van der Waals surface area contributed by atoms with Crippen LogP contribution in [0.15, 0.2) is 54.6 Å². The molecule has 0 aliphatic rings. The average molecular weight is 323 g/mol. The fraction of sp³-hybridized carbons (Fsp3) is 0.125. The minimum atomic E-state index is -4.92. The molecule has 4 nitrogen and oxygen atoms in total. The van der Waals surface area contributed by atoms with Crippen LogP contribution in [0.1, 0.15) is 10.4 Å². The van der Waals surface area contributed by atoms with Crippen LogP contribution in [0.25, 0.3) is 0 Å². The van der Waals surface area contributed by atoms with Crippen LogP contribution in [0.2, 0.25) is 0 Å². The number of hydrogen-bond acceptors (Lipinski definition) is 3. The van der Waals surface area contributed by atoms with Gasteiger partial charge in [-0.05, 0) is 36.4 Å². The van der Waals surface area contributed by atoms with Crippen LogP contribution in [-0.4, -0.2) is 24.5 Å². The van der Waals surface area contributed by atoms with E-state index in [-0.39, 0.29) is 12.3 Å². The van der Waals surface area contributed by atoms with Crippen LogP contribution < -0.4 is 10.1 Å². The van der Waals surface area contributed by atoms with E-state index >= 15 is 0 Å². The lowest BCUT2D eigenvalue weighted by Gasteiger charge is -2.09. The van der Waals surface area contributed by atoms with E-state index in [4.69, 9.17) is 4.74 Å². The second-order valence-electron chi connectivity index (χ2n) is 4.55. The zero-order valence-electron chi connectivity index (χ0n) is 11.8. The molecule has 7 heteroatoms. The zero-order chi connectivity index (χ0) is 16.9. The molecule has 0 aliphatic heterocycles. The molecule has 2 aromatic rings. The van der Waals surface area contributed by atoms with Gasteiger partial charge in [-0.1, -0.05) is 18.2 Å². The van der Waals surface area contributed by atoms with Crippen molar-refractivity contribution in [3.8, 4) is 5.75 Å². The number of anilines is 1. The lowest BCUT2D eigenvalue weighted by Crippen LogP contribution is -2.23. The standard InChI is InChI=1S/C16H12F3NO3/c17-16(18,19)15(22)11-6-8-12(9-7-11)20-14(21)10-23-13-4-2-1-3-5-13/h1-9H,10H2,(H,20,21). The number of nitrogens with one attached hydrogen (secondary N) is 1. The van der Waals surface area contributed by atoms with E-state index in [2.05, 4.69) is 5.32 Å². The highest BCUT2D eigenvalue weighted by molar-refractivity contribution is 6.01. The second-order valence-corrected chi connectivity index (χ2v) is 4.55. The molecule has 0 radical (unpaired) electrons. The minimum Gasteiger partial charge on any atom is -0.484 e.